The molecule has 0 aromatic heterocycles. The molecule has 3 aromatic carbocycles. The maximum Gasteiger partial charge on any atom is 0.255 e. The van der Waals surface area contributed by atoms with Gasteiger partial charge in [-0.15, -0.1) is 0 Å². The number of carbonyl (C=O) groups is 2. The summed E-state index contributed by atoms with van der Waals surface area (Å²) in [6.07, 6.45) is 0. The highest BCUT2D eigenvalue weighted by atomic mass is 16.1. The SMILES string of the molecule is Cc1cc(C)c(NC(=O)c2ccc(C(=O)c3ccccc3)cc2)c(C)c1. The molecule has 0 spiro atoms. The van der Waals surface area contributed by atoms with E-state index in [0.29, 0.717) is 16.7 Å². The molecule has 0 fully saturated rings. The van der Waals surface area contributed by atoms with Gasteiger partial charge in [0.25, 0.3) is 5.91 Å². The lowest BCUT2D eigenvalue weighted by Gasteiger charge is -2.13. The van der Waals surface area contributed by atoms with Crippen molar-refractivity contribution < 1.29 is 9.59 Å². The zero-order chi connectivity index (χ0) is 18.7. The minimum Gasteiger partial charge on any atom is -0.322 e. The van der Waals surface area contributed by atoms with E-state index in [0.717, 1.165) is 16.8 Å². The van der Waals surface area contributed by atoms with Gasteiger partial charge in [-0.1, -0.05) is 60.2 Å². The van der Waals surface area contributed by atoms with E-state index < -0.39 is 0 Å². The first kappa shape index (κ1) is 17.6. The van der Waals surface area contributed by atoms with Crippen LogP contribution >= 0.6 is 0 Å². The van der Waals surface area contributed by atoms with E-state index in [9.17, 15) is 9.59 Å². The quantitative estimate of drug-likeness (QED) is 0.670. The number of amides is 1. The van der Waals surface area contributed by atoms with Crippen LogP contribution in [-0.4, -0.2) is 11.7 Å². The van der Waals surface area contributed by atoms with Crippen molar-refractivity contribution in [3.05, 3.63) is 100 Å². The van der Waals surface area contributed by atoms with Crippen LogP contribution < -0.4 is 5.32 Å². The predicted molar refractivity (Wildman–Crippen MR) is 105 cm³/mol. The predicted octanol–water partition coefficient (Wildman–Crippen LogP) is 5.10. The third-order valence-electron chi connectivity index (χ3n) is 4.36. The normalized spacial score (nSPS) is 10.4. The molecule has 1 N–H and O–H groups in total. The van der Waals surface area contributed by atoms with Gasteiger partial charge in [-0.05, 0) is 44.0 Å². The van der Waals surface area contributed by atoms with Crippen LogP contribution in [0.25, 0.3) is 0 Å². The van der Waals surface area contributed by atoms with Gasteiger partial charge in [0.15, 0.2) is 5.78 Å². The molecule has 0 saturated carbocycles. The van der Waals surface area contributed by atoms with Crippen LogP contribution in [0.1, 0.15) is 43.0 Å². The van der Waals surface area contributed by atoms with E-state index in [1.165, 1.54) is 5.56 Å². The van der Waals surface area contributed by atoms with E-state index in [-0.39, 0.29) is 11.7 Å². The topological polar surface area (TPSA) is 46.2 Å². The zero-order valence-electron chi connectivity index (χ0n) is 15.2. The molecule has 0 heterocycles. The number of hydrogen-bond donors (Lipinski definition) is 1. The Kier molecular flexibility index (Phi) is 4.99. The molecule has 1 amide bonds. The third-order valence-corrected chi connectivity index (χ3v) is 4.36. The maximum atomic E-state index is 12.6. The molecular weight excluding hydrogens is 322 g/mol. The van der Waals surface area contributed by atoms with Gasteiger partial charge in [0, 0.05) is 22.4 Å². The molecule has 0 unspecified atom stereocenters. The second kappa shape index (κ2) is 7.36. The van der Waals surface area contributed by atoms with Gasteiger partial charge >= 0.3 is 0 Å². The molecule has 130 valence electrons. The molecule has 0 radical (unpaired) electrons. The maximum absolute atomic E-state index is 12.6. The summed E-state index contributed by atoms with van der Waals surface area (Å²) in [6, 6.07) is 20.0. The van der Waals surface area contributed by atoms with Crippen LogP contribution in [0.2, 0.25) is 0 Å². The van der Waals surface area contributed by atoms with Crippen LogP contribution in [-0.2, 0) is 0 Å². The monoisotopic (exact) mass is 343 g/mol. The average Bonchev–Trinajstić information content (AvgIpc) is 2.64. The number of anilines is 1. The molecule has 3 rings (SSSR count). The minimum atomic E-state index is -0.182. The zero-order valence-corrected chi connectivity index (χ0v) is 15.2. The number of rotatable bonds is 4. The first-order valence-electron chi connectivity index (χ1n) is 8.54. The second-order valence-electron chi connectivity index (χ2n) is 6.50. The molecule has 3 heteroatoms. The highest BCUT2D eigenvalue weighted by Crippen LogP contribution is 2.22. The number of aryl methyl sites for hydroxylation is 3. The number of hydrogen-bond acceptors (Lipinski definition) is 2. The van der Waals surface area contributed by atoms with Crippen molar-refractivity contribution in [1.29, 1.82) is 0 Å². The number of nitrogens with one attached hydrogen (secondary N) is 1. The van der Waals surface area contributed by atoms with Crippen molar-refractivity contribution in [2.45, 2.75) is 20.8 Å². The average molecular weight is 343 g/mol. The van der Waals surface area contributed by atoms with Crippen LogP contribution in [0.5, 0.6) is 0 Å². The molecule has 26 heavy (non-hydrogen) atoms. The molecule has 3 nitrogen and oxygen atoms in total. The molecule has 3 aromatic rings. The second-order valence-corrected chi connectivity index (χ2v) is 6.50. The molecule has 0 atom stereocenters. The summed E-state index contributed by atoms with van der Waals surface area (Å²) >= 11 is 0. The van der Waals surface area contributed by atoms with E-state index in [1.54, 1.807) is 36.4 Å². The lowest BCUT2D eigenvalue weighted by atomic mass is 10.0. The van der Waals surface area contributed by atoms with Crippen molar-refractivity contribution >= 4 is 17.4 Å². The van der Waals surface area contributed by atoms with Gasteiger partial charge in [0.2, 0.25) is 0 Å². The molecular formula is C23H21NO2. The summed E-state index contributed by atoms with van der Waals surface area (Å²) in [5.74, 6) is -0.235. The fraction of sp³-hybridized carbons (Fsp3) is 0.130. The van der Waals surface area contributed by atoms with E-state index in [4.69, 9.17) is 0 Å². The van der Waals surface area contributed by atoms with Crippen molar-refractivity contribution in [3.8, 4) is 0 Å². The van der Waals surface area contributed by atoms with Gasteiger partial charge in [0.1, 0.15) is 0 Å². The largest absolute Gasteiger partial charge is 0.322 e. The molecule has 0 bridgehead atoms. The first-order chi connectivity index (χ1) is 12.5. The van der Waals surface area contributed by atoms with Crippen LogP contribution in [0.15, 0.2) is 66.7 Å². The summed E-state index contributed by atoms with van der Waals surface area (Å²) in [7, 11) is 0. The molecule has 0 aliphatic rings. The lowest BCUT2D eigenvalue weighted by molar-refractivity contribution is 0.102. The minimum absolute atomic E-state index is 0.0530. The Morgan fingerprint density at radius 3 is 1.77 bits per heavy atom. The first-order valence-corrected chi connectivity index (χ1v) is 8.54. The van der Waals surface area contributed by atoms with Gasteiger partial charge in [-0.3, -0.25) is 9.59 Å². The Morgan fingerprint density at radius 2 is 1.19 bits per heavy atom. The summed E-state index contributed by atoms with van der Waals surface area (Å²) in [5, 5.41) is 2.98. The lowest BCUT2D eigenvalue weighted by Crippen LogP contribution is -2.14. The van der Waals surface area contributed by atoms with Crippen molar-refractivity contribution in [3.63, 3.8) is 0 Å². The van der Waals surface area contributed by atoms with E-state index >= 15 is 0 Å². The van der Waals surface area contributed by atoms with Gasteiger partial charge in [0.05, 0.1) is 0 Å². The smallest absolute Gasteiger partial charge is 0.255 e. The summed E-state index contributed by atoms with van der Waals surface area (Å²) in [6.45, 7) is 6.00. The molecule has 0 saturated heterocycles. The standard InChI is InChI=1S/C23H21NO2/c1-15-13-16(2)21(17(3)14-15)24-23(26)20-11-9-19(10-12-20)22(25)18-7-5-4-6-8-18/h4-14H,1-3H3,(H,24,26). The fourth-order valence-corrected chi connectivity index (χ4v) is 3.09. The fourth-order valence-electron chi connectivity index (χ4n) is 3.09. The number of carbonyl (C=O) groups excluding carboxylic acids is 2. The van der Waals surface area contributed by atoms with Crippen LogP contribution in [0.3, 0.4) is 0 Å². The van der Waals surface area contributed by atoms with Gasteiger partial charge in [-0.25, -0.2) is 0 Å². The summed E-state index contributed by atoms with van der Waals surface area (Å²) in [4.78, 5) is 25.0. The number of benzene rings is 3. The molecule has 0 aliphatic carbocycles. The van der Waals surface area contributed by atoms with Crippen molar-refractivity contribution in [2.24, 2.45) is 0 Å². The van der Waals surface area contributed by atoms with Crippen molar-refractivity contribution in [1.82, 2.24) is 0 Å². The highest BCUT2D eigenvalue weighted by Gasteiger charge is 2.12. The highest BCUT2D eigenvalue weighted by molar-refractivity contribution is 6.10. The van der Waals surface area contributed by atoms with E-state index in [1.807, 2.05) is 51.1 Å². The summed E-state index contributed by atoms with van der Waals surface area (Å²) < 4.78 is 0. The van der Waals surface area contributed by atoms with Gasteiger partial charge in [-0.2, -0.15) is 0 Å². The summed E-state index contributed by atoms with van der Waals surface area (Å²) in [5.41, 5.74) is 5.80. The Morgan fingerprint density at radius 1 is 0.692 bits per heavy atom. The van der Waals surface area contributed by atoms with Crippen LogP contribution in [0.4, 0.5) is 5.69 Å². The third kappa shape index (κ3) is 3.72. The van der Waals surface area contributed by atoms with Crippen molar-refractivity contribution in [2.75, 3.05) is 5.32 Å². The van der Waals surface area contributed by atoms with Crippen LogP contribution in [0, 0.1) is 20.8 Å². The Hall–Kier alpha value is -3.20. The Labute approximate surface area is 153 Å². The van der Waals surface area contributed by atoms with Gasteiger partial charge < -0.3 is 5.32 Å². The van der Waals surface area contributed by atoms with E-state index in [2.05, 4.69) is 5.32 Å². The number of ketones is 1. The molecule has 0 aliphatic heterocycles. The Balaban J connectivity index is 1.79. The Bertz CT molecular complexity index is 934.